The van der Waals surface area contributed by atoms with Crippen LogP contribution in [0.1, 0.15) is 73.3 Å². The van der Waals surface area contributed by atoms with Crippen molar-refractivity contribution in [1.29, 1.82) is 0 Å². The van der Waals surface area contributed by atoms with Gasteiger partial charge in [-0.3, -0.25) is 19.2 Å². The van der Waals surface area contributed by atoms with Crippen LogP contribution in [0.5, 0.6) is 0 Å². The molecule has 0 heterocycles. The quantitative estimate of drug-likeness (QED) is 0.183. The van der Waals surface area contributed by atoms with Crippen LogP contribution < -0.4 is 0 Å². The zero-order chi connectivity index (χ0) is 32.6. The van der Waals surface area contributed by atoms with Crippen molar-refractivity contribution in [3.8, 4) is 0 Å². The Kier molecular flexibility index (Phi) is 9.37. The fourth-order valence-corrected chi connectivity index (χ4v) is 7.65. The summed E-state index contributed by atoms with van der Waals surface area (Å²) in [6, 6.07) is 9.32. The smallest absolute Gasteiger partial charge is 0.331 e. The summed E-state index contributed by atoms with van der Waals surface area (Å²) < 4.78 is 24.0. The van der Waals surface area contributed by atoms with Crippen LogP contribution in [-0.4, -0.2) is 54.1 Å². The van der Waals surface area contributed by atoms with Crippen LogP contribution in [-0.2, 0) is 42.9 Å². The highest BCUT2D eigenvalue weighted by Gasteiger charge is 2.64. The number of fused-ring (bicyclic) bond motifs is 3. The number of ether oxygens (including phenoxy) is 4. The van der Waals surface area contributed by atoms with Gasteiger partial charge in [0.15, 0.2) is 11.9 Å². The van der Waals surface area contributed by atoms with E-state index in [1.165, 1.54) is 26.8 Å². The number of benzene rings is 1. The summed E-state index contributed by atoms with van der Waals surface area (Å²) in [4.78, 5) is 64.4. The molecule has 0 amide bonds. The molecule has 2 fully saturated rings. The average Bonchev–Trinajstić information content (AvgIpc) is 2.93. The number of hydrogen-bond donors (Lipinski definition) is 0. The lowest BCUT2D eigenvalue weighted by atomic mass is 9.49. The van der Waals surface area contributed by atoms with E-state index in [-0.39, 0.29) is 12.2 Å². The molecule has 4 rings (SSSR count). The number of carbonyl (C=O) groups excluding carboxylic acids is 5. The van der Waals surface area contributed by atoms with E-state index in [1.807, 2.05) is 51.1 Å². The van der Waals surface area contributed by atoms with Crippen LogP contribution in [0.3, 0.4) is 0 Å². The van der Waals surface area contributed by atoms with E-state index in [1.54, 1.807) is 13.0 Å². The molecule has 1 aromatic rings. The Hall–Kier alpha value is -4.01. The molecular formula is C35H42O9. The molecule has 9 heteroatoms. The molecule has 0 saturated heterocycles. The molecule has 9 nitrogen and oxygen atoms in total. The average molecular weight is 607 g/mol. The first kappa shape index (κ1) is 32.9. The van der Waals surface area contributed by atoms with Crippen LogP contribution in [0.15, 0.2) is 59.7 Å². The van der Waals surface area contributed by atoms with Crippen molar-refractivity contribution < 1.29 is 42.9 Å². The van der Waals surface area contributed by atoms with Crippen molar-refractivity contribution in [1.82, 2.24) is 0 Å². The zero-order valence-electron chi connectivity index (χ0n) is 26.5. The molecule has 3 aliphatic carbocycles. The lowest BCUT2D eigenvalue weighted by Crippen LogP contribution is -2.64. The van der Waals surface area contributed by atoms with Crippen molar-refractivity contribution in [2.75, 3.05) is 0 Å². The Bertz CT molecular complexity index is 1420. The van der Waals surface area contributed by atoms with Gasteiger partial charge in [-0.2, -0.15) is 0 Å². The minimum atomic E-state index is -1.08. The lowest BCUT2D eigenvalue weighted by molar-refractivity contribution is -0.202. The molecule has 7 atom stereocenters. The number of rotatable bonds is 6. The summed E-state index contributed by atoms with van der Waals surface area (Å²) in [6.45, 7) is 15.6. The van der Waals surface area contributed by atoms with E-state index in [0.717, 1.165) is 5.56 Å². The van der Waals surface area contributed by atoms with Gasteiger partial charge in [0, 0.05) is 50.5 Å². The molecular weight excluding hydrogens is 564 g/mol. The highest BCUT2D eigenvalue weighted by Crippen LogP contribution is 2.60. The van der Waals surface area contributed by atoms with E-state index < -0.39 is 71.0 Å². The minimum absolute atomic E-state index is 0.0788. The second-order valence-electron chi connectivity index (χ2n) is 12.9. The second kappa shape index (κ2) is 12.5. The Morgan fingerprint density at radius 3 is 2.11 bits per heavy atom. The van der Waals surface area contributed by atoms with Crippen molar-refractivity contribution in [2.24, 2.45) is 22.7 Å². The van der Waals surface area contributed by atoms with Gasteiger partial charge < -0.3 is 18.9 Å². The van der Waals surface area contributed by atoms with E-state index >= 15 is 0 Å². The van der Waals surface area contributed by atoms with Gasteiger partial charge in [0.2, 0.25) is 0 Å². The molecule has 1 aromatic carbocycles. The number of esters is 4. The molecule has 2 saturated carbocycles. The normalized spacial score (nSPS) is 31.3. The largest absolute Gasteiger partial charge is 0.462 e. The summed E-state index contributed by atoms with van der Waals surface area (Å²) in [5.41, 5.74) is 0.459. The van der Waals surface area contributed by atoms with Crippen LogP contribution in [0, 0.1) is 22.7 Å². The third kappa shape index (κ3) is 6.28. The van der Waals surface area contributed by atoms with Gasteiger partial charge in [-0.25, -0.2) is 4.79 Å². The van der Waals surface area contributed by atoms with E-state index in [0.29, 0.717) is 29.6 Å². The van der Waals surface area contributed by atoms with Gasteiger partial charge in [-0.15, -0.1) is 0 Å². The topological polar surface area (TPSA) is 122 Å². The first-order valence-electron chi connectivity index (χ1n) is 15.0. The second-order valence-corrected chi connectivity index (χ2v) is 12.9. The molecule has 44 heavy (non-hydrogen) atoms. The van der Waals surface area contributed by atoms with Gasteiger partial charge in [-0.1, -0.05) is 57.7 Å². The van der Waals surface area contributed by atoms with E-state index in [2.05, 4.69) is 6.58 Å². The van der Waals surface area contributed by atoms with Crippen molar-refractivity contribution in [3.63, 3.8) is 0 Å². The number of ketones is 1. The van der Waals surface area contributed by atoms with Gasteiger partial charge in [0.25, 0.3) is 0 Å². The maximum absolute atomic E-state index is 13.5. The summed E-state index contributed by atoms with van der Waals surface area (Å²) in [5, 5.41) is 0. The molecule has 2 bridgehead atoms. The monoisotopic (exact) mass is 606 g/mol. The first-order chi connectivity index (χ1) is 20.6. The third-order valence-corrected chi connectivity index (χ3v) is 9.61. The minimum Gasteiger partial charge on any atom is -0.462 e. The number of hydrogen-bond acceptors (Lipinski definition) is 9. The fourth-order valence-electron chi connectivity index (χ4n) is 7.65. The lowest BCUT2D eigenvalue weighted by Gasteiger charge is -2.59. The standard InChI is InChI=1S/C35H42O9/c1-19-26(39)18-25-31(41-21(3)36)30-20(2)27(44-28(40)15-14-24-12-10-9-11-13-24)16-17-35(30,8)33(43-23(5)38)32(42-22(4)37)29(19)34(25,6)7/h9-15,25,27,30-33H,2,16-18H2,1,3-8H3/b15-14+/t25-,27-,30-,31+,32+,33-,35+/m0/s1. The van der Waals surface area contributed by atoms with Gasteiger partial charge in [0.1, 0.15) is 18.3 Å². The van der Waals surface area contributed by atoms with Gasteiger partial charge >= 0.3 is 23.9 Å². The Balaban J connectivity index is 1.86. The molecule has 0 N–H and O–H groups in total. The zero-order valence-corrected chi connectivity index (χ0v) is 26.5. The van der Waals surface area contributed by atoms with Crippen molar-refractivity contribution in [3.05, 3.63) is 65.3 Å². The van der Waals surface area contributed by atoms with Crippen LogP contribution in [0.2, 0.25) is 0 Å². The highest BCUT2D eigenvalue weighted by atomic mass is 16.6. The Morgan fingerprint density at radius 2 is 1.52 bits per heavy atom. The molecule has 0 radical (unpaired) electrons. The van der Waals surface area contributed by atoms with Crippen molar-refractivity contribution in [2.45, 2.75) is 92.1 Å². The number of carbonyl (C=O) groups is 5. The molecule has 0 aromatic heterocycles. The van der Waals surface area contributed by atoms with Crippen LogP contribution >= 0.6 is 0 Å². The van der Waals surface area contributed by atoms with E-state index in [9.17, 15) is 24.0 Å². The molecule has 236 valence electrons. The maximum atomic E-state index is 13.5. The number of allylic oxidation sites excluding steroid dienone is 1. The predicted octanol–water partition coefficient (Wildman–Crippen LogP) is 5.32. The first-order valence-corrected chi connectivity index (χ1v) is 15.0. The SMILES string of the molecule is C=C1[C@@H](OC(=O)/C=C/c2ccccc2)CC[C@@]2(C)[C@@H](OC(C)=O)[C@H](OC(C)=O)C3=C(C)C(=O)C[C@@H]([C@@H](OC(C)=O)[C@H]12)C3(C)C. The summed E-state index contributed by atoms with van der Waals surface area (Å²) >= 11 is 0. The fraction of sp³-hybridized carbons (Fsp3) is 0.514. The number of Topliss-reactive ketones (excluding diaryl/α,β-unsaturated/α-hetero) is 1. The molecule has 0 spiro atoms. The van der Waals surface area contributed by atoms with Gasteiger partial charge in [0.05, 0.1) is 0 Å². The molecule has 3 aliphatic rings. The van der Waals surface area contributed by atoms with Crippen molar-refractivity contribution >= 4 is 35.7 Å². The predicted molar refractivity (Wildman–Crippen MR) is 162 cm³/mol. The van der Waals surface area contributed by atoms with Gasteiger partial charge in [-0.05, 0) is 53.5 Å². The summed E-state index contributed by atoms with van der Waals surface area (Å²) in [5.74, 6) is -3.76. The van der Waals surface area contributed by atoms with E-state index in [4.69, 9.17) is 18.9 Å². The van der Waals surface area contributed by atoms with Crippen LogP contribution in [0.4, 0.5) is 0 Å². The highest BCUT2D eigenvalue weighted by molar-refractivity contribution is 5.97. The molecule has 0 aliphatic heterocycles. The summed E-state index contributed by atoms with van der Waals surface area (Å²) in [7, 11) is 0. The van der Waals surface area contributed by atoms with Crippen LogP contribution in [0.25, 0.3) is 6.08 Å². The Labute approximate surface area is 258 Å². The maximum Gasteiger partial charge on any atom is 0.331 e. The third-order valence-electron chi connectivity index (χ3n) is 9.61. The summed E-state index contributed by atoms with van der Waals surface area (Å²) in [6.07, 6.45) is -0.0137. The Morgan fingerprint density at radius 1 is 0.909 bits per heavy atom. The molecule has 0 unspecified atom stereocenters.